The summed E-state index contributed by atoms with van der Waals surface area (Å²) in [5.41, 5.74) is 7.08. The van der Waals surface area contributed by atoms with Crippen molar-refractivity contribution >= 4 is 16.9 Å². The van der Waals surface area contributed by atoms with Gasteiger partial charge in [0.05, 0.1) is 19.8 Å². The standard InChI is InChI=1S/C14H20N2O2S/c1-17-12-5-2-4-11(8-12)10-19-14(15)16-9-13-6-3-7-18-13/h2,4-5,8,13H,3,6-7,9-10H2,1H3,(H2,15,16)/t13-/m0/s1. The Bertz CT molecular complexity index is 431. The second-order valence-electron chi connectivity index (χ2n) is 4.45. The smallest absolute Gasteiger partial charge is 0.154 e. The summed E-state index contributed by atoms with van der Waals surface area (Å²) in [6, 6.07) is 7.99. The van der Waals surface area contributed by atoms with Crippen molar-refractivity contribution in [3.05, 3.63) is 29.8 Å². The second-order valence-corrected chi connectivity index (χ2v) is 5.45. The van der Waals surface area contributed by atoms with Crippen molar-refractivity contribution in [2.75, 3.05) is 20.3 Å². The number of hydrogen-bond donors (Lipinski definition) is 1. The molecule has 1 aromatic carbocycles. The van der Waals surface area contributed by atoms with Gasteiger partial charge < -0.3 is 15.2 Å². The summed E-state index contributed by atoms with van der Waals surface area (Å²) in [7, 11) is 1.67. The molecule has 1 fully saturated rings. The number of ether oxygens (including phenoxy) is 2. The van der Waals surface area contributed by atoms with E-state index < -0.39 is 0 Å². The number of nitrogens with two attached hydrogens (primary N) is 1. The molecule has 5 heteroatoms. The predicted octanol–water partition coefficient (Wildman–Crippen LogP) is 2.42. The number of rotatable bonds is 5. The molecule has 4 nitrogen and oxygen atoms in total. The molecule has 0 aromatic heterocycles. The first-order valence-electron chi connectivity index (χ1n) is 6.45. The van der Waals surface area contributed by atoms with Gasteiger partial charge in [-0.3, -0.25) is 4.99 Å². The highest BCUT2D eigenvalue weighted by atomic mass is 32.2. The van der Waals surface area contributed by atoms with E-state index in [2.05, 4.69) is 11.1 Å². The lowest BCUT2D eigenvalue weighted by Gasteiger charge is -2.07. The minimum absolute atomic E-state index is 0.260. The van der Waals surface area contributed by atoms with E-state index in [1.165, 1.54) is 5.56 Å². The highest BCUT2D eigenvalue weighted by Crippen LogP contribution is 2.18. The Morgan fingerprint density at radius 3 is 3.21 bits per heavy atom. The third-order valence-electron chi connectivity index (χ3n) is 3.00. The molecule has 1 aliphatic rings. The third kappa shape index (κ3) is 4.76. The fraction of sp³-hybridized carbons (Fsp3) is 0.500. The quantitative estimate of drug-likeness (QED) is 0.665. The van der Waals surface area contributed by atoms with E-state index in [0.717, 1.165) is 31.0 Å². The minimum atomic E-state index is 0.260. The summed E-state index contributed by atoms with van der Waals surface area (Å²) in [5.74, 6) is 1.67. The van der Waals surface area contributed by atoms with Gasteiger partial charge in [-0.2, -0.15) is 0 Å². The highest BCUT2D eigenvalue weighted by molar-refractivity contribution is 8.13. The van der Waals surface area contributed by atoms with Crippen LogP contribution >= 0.6 is 11.8 Å². The third-order valence-corrected chi connectivity index (χ3v) is 3.90. The van der Waals surface area contributed by atoms with E-state index in [1.807, 2.05) is 18.2 Å². The molecule has 0 spiro atoms. The maximum absolute atomic E-state index is 5.90. The Balaban J connectivity index is 1.78. The van der Waals surface area contributed by atoms with Crippen LogP contribution < -0.4 is 10.5 Å². The maximum atomic E-state index is 5.90. The van der Waals surface area contributed by atoms with Gasteiger partial charge in [-0.1, -0.05) is 23.9 Å². The van der Waals surface area contributed by atoms with Gasteiger partial charge in [-0.05, 0) is 30.5 Å². The molecule has 0 bridgehead atoms. The molecule has 0 amide bonds. The second kappa shape index (κ2) is 7.40. The van der Waals surface area contributed by atoms with Crippen LogP contribution in [0.15, 0.2) is 29.3 Å². The predicted molar refractivity (Wildman–Crippen MR) is 79.8 cm³/mol. The van der Waals surface area contributed by atoms with Crippen LogP contribution in [-0.4, -0.2) is 31.5 Å². The fourth-order valence-corrected chi connectivity index (χ4v) is 2.61. The molecule has 1 heterocycles. The van der Waals surface area contributed by atoms with Crippen molar-refractivity contribution in [3.63, 3.8) is 0 Å². The van der Waals surface area contributed by atoms with Crippen molar-refractivity contribution in [1.29, 1.82) is 0 Å². The number of methoxy groups -OCH3 is 1. The average molecular weight is 280 g/mol. The van der Waals surface area contributed by atoms with E-state index in [1.54, 1.807) is 18.9 Å². The lowest BCUT2D eigenvalue weighted by atomic mass is 10.2. The topological polar surface area (TPSA) is 56.8 Å². The van der Waals surface area contributed by atoms with E-state index in [9.17, 15) is 0 Å². The Morgan fingerprint density at radius 1 is 1.58 bits per heavy atom. The van der Waals surface area contributed by atoms with Gasteiger partial charge in [0.15, 0.2) is 5.17 Å². The number of amidine groups is 1. The SMILES string of the molecule is COc1cccc(CSC(N)=NC[C@@H]2CCCO2)c1. The molecule has 2 N–H and O–H groups in total. The molecule has 1 atom stereocenters. The van der Waals surface area contributed by atoms with Gasteiger partial charge >= 0.3 is 0 Å². The monoisotopic (exact) mass is 280 g/mol. The van der Waals surface area contributed by atoms with Crippen molar-refractivity contribution in [3.8, 4) is 5.75 Å². The number of benzene rings is 1. The molecule has 0 saturated carbocycles. The van der Waals surface area contributed by atoms with Crippen molar-refractivity contribution in [1.82, 2.24) is 0 Å². The van der Waals surface area contributed by atoms with Gasteiger partial charge in [0.1, 0.15) is 5.75 Å². The van der Waals surface area contributed by atoms with Gasteiger partial charge in [-0.15, -0.1) is 0 Å². The first kappa shape index (κ1) is 14.2. The molecule has 1 aromatic rings. The fourth-order valence-electron chi connectivity index (χ4n) is 1.95. The zero-order valence-electron chi connectivity index (χ0n) is 11.2. The first-order chi connectivity index (χ1) is 9.28. The Morgan fingerprint density at radius 2 is 2.47 bits per heavy atom. The summed E-state index contributed by atoms with van der Waals surface area (Å²) in [4.78, 5) is 4.36. The van der Waals surface area contributed by atoms with Gasteiger partial charge in [-0.25, -0.2) is 0 Å². The number of nitrogens with zero attached hydrogens (tertiary/aromatic N) is 1. The van der Waals surface area contributed by atoms with Crippen molar-refractivity contribution < 1.29 is 9.47 Å². The highest BCUT2D eigenvalue weighted by Gasteiger charge is 2.14. The van der Waals surface area contributed by atoms with Crippen LogP contribution in [0, 0.1) is 0 Å². The summed E-state index contributed by atoms with van der Waals surface area (Å²) in [6.45, 7) is 1.54. The van der Waals surface area contributed by atoms with Crippen LogP contribution in [0.1, 0.15) is 18.4 Å². The minimum Gasteiger partial charge on any atom is -0.497 e. The molecular weight excluding hydrogens is 260 g/mol. The molecule has 2 rings (SSSR count). The molecule has 0 aliphatic carbocycles. The van der Waals surface area contributed by atoms with E-state index in [-0.39, 0.29) is 6.10 Å². The first-order valence-corrected chi connectivity index (χ1v) is 7.44. The largest absolute Gasteiger partial charge is 0.497 e. The van der Waals surface area contributed by atoms with E-state index in [0.29, 0.717) is 11.7 Å². The van der Waals surface area contributed by atoms with E-state index in [4.69, 9.17) is 15.2 Å². The summed E-state index contributed by atoms with van der Waals surface area (Å²) < 4.78 is 10.7. The maximum Gasteiger partial charge on any atom is 0.154 e. The Hall–Kier alpha value is -1.20. The van der Waals surface area contributed by atoms with Gasteiger partial charge in [0.25, 0.3) is 0 Å². The van der Waals surface area contributed by atoms with E-state index >= 15 is 0 Å². The zero-order chi connectivity index (χ0) is 13.5. The molecule has 1 saturated heterocycles. The van der Waals surface area contributed by atoms with Gasteiger partial charge in [0, 0.05) is 12.4 Å². The number of hydrogen-bond acceptors (Lipinski definition) is 4. The van der Waals surface area contributed by atoms with Crippen LogP contribution in [-0.2, 0) is 10.5 Å². The average Bonchev–Trinajstić information content (AvgIpc) is 2.96. The van der Waals surface area contributed by atoms with Crippen molar-refractivity contribution in [2.45, 2.75) is 24.7 Å². The number of thioether (sulfide) groups is 1. The lowest BCUT2D eigenvalue weighted by molar-refractivity contribution is 0.118. The van der Waals surface area contributed by atoms with Crippen molar-refractivity contribution in [2.24, 2.45) is 10.7 Å². The molecule has 104 valence electrons. The Kier molecular flexibility index (Phi) is 5.54. The summed E-state index contributed by atoms with van der Waals surface area (Å²) in [6.07, 6.45) is 2.49. The molecule has 19 heavy (non-hydrogen) atoms. The van der Waals surface area contributed by atoms with Crippen LogP contribution in [0.4, 0.5) is 0 Å². The summed E-state index contributed by atoms with van der Waals surface area (Å²) in [5, 5.41) is 0.623. The molecule has 1 aliphatic heterocycles. The molecule has 0 radical (unpaired) electrons. The lowest BCUT2D eigenvalue weighted by Crippen LogP contribution is -2.14. The zero-order valence-corrected chi connectivity index (χ0v) is 12.0. The van der Waals surface area contributed by atoms with Crippen LogP contribution in [0.5, 0.6) is 5.75 Å². The summed E-state index contributed by atoms with van der Waals surface area (Å²) >= 11 is 1.55. The molecule has 0 unspecified atom stereocenters. The van der Waals surface area contributed by atoms with Crippen LogP contribution in [0.2, 0.25) is 0 Å². The molecular formula is C14H20N2O2S. The number of aliphatic imine (C=N–C) groups is 1. The van der Waals surface area contributed by atoms with Gasteiger partial charge in [0.2, 0.25) is 0 Å². The van der Waals surface area contributed by atoms with Crippen LogP contribution in [0.25, 0.3) is 0 Å². The van der Waals surface area contributed by atoms with Crippen LogP contribution in [0.3, 0.4) is 0 Å². The normalized spacial score (nSPS) is 19.6. The Labute approximate surface area is 118 Å².